The Kier molecular flexibility index (Phi) is 5.14. The largest absolute Gasteiger partial charge is 0.550 e. The molecule has 1 aromatic rings. The highest BCUT2D eigenvalue weighted by atomic mass is 35.5. The maximum Gasteiger partial charge on any atom is 0.228 e. The molecule has 2 atom stereocenters. The SMILES string of the molecule is CC1=C(C)C[C@@H](C(=O)Nc2ccc(Cl)cc2Cl)[C@H](C(=O)[O-])C1. The number of rotatable bonds is 3. The zero-order valence-electron chi connectivity index (χ0n) is 12.3. The first-order chi connectivity index (χ1) is 10.3. The molecule has 0 aliphatic heterocycles. The van der Waals surface area contributed by atoms with Crippen molar-refractivity contribution in [3.63, 3.8) is 0 Å². The van der Waals surface area contributed by atoms with Crippen LogP contribution in [0.15, 0.2) is 29.3 Å². The van der Waals surface area contributed by atoms with E-state index in [9.17, 15) is 14.7 Å². The molecule has 0 heterocycles. The summed E-state index contributed by atoms with van der Waals surface area (Å²) >= 11 is 11.8. The van der Waals surface area contributed by atoms with Crippen LogP contribution in [0.2, 0.25) is 10.0 Å². The number of carbonyl (C=O) groups excluding carboxylic acids is 2. The fourth-order valence-corrected chi connectivity index (χ4v) is 3.09. The third kappa shape index (κ3) is 3.62. The second-order valence-electron chi connectivity index (χ2n) is 5.61. The summed E-state index contributed by atoms with van der Waals surface area (Å²) in [5.74, 6) is -3.06. The van der Waals surface area contributed by atoms with Gasteiger partial charge in [0.2, 0.25) is 5.91 Å². The number of amides is 1. The number of hydrogen-bond acceptors (Lipinski definition) is 3. The molecule has 0 bridgehead atoms. The van der Waals surface area contributed by atoms with Crippen LogP contribution in [-0.2, 0) is 9.59 Å². The predicted octanol–water partition coefficient (Wildman–Crippen LogP) is 3.04. The minimum atomic E-state index is -1.20. The van der Waals surface area contributed by atoms with Crippen molar-refractivity contribution in [2.45, 2.75) is 26.7 Å². The third-order valence-electron chi connectivity index (χ3n) is 4.09. The average Bonchev–Trinajstić information content (AvgIpc) is 2.44. The summed E-state index contributed by atoms with van der Waals surface area (Å²) in [5.41, 5.74) is 2.46. The van der Waals surface area contributed by atoms with Gasteiger partial charge < -0.3 is 15.2 Å². The topological polar surface area (TPSA) is 69.2 Å². The molecule has 22 heavy (non-hydrogen) atoms. The number of nitrogens with one attached hydrogen (secondary N) is 1. The van der Waals surface area contributed by atoms with E-state index in [-0.39, 0.29) is 5.91 Å². The van der Waals surface area contributed by atoms with Gasteiger partial charge >= 0.3 is 0 Å². The highest BCUT2D eigenvalue weighted by molar-refractivity contribution is 6.36. The Morgan fingerprint density at radius 3 is 2.27 bits per heavy atom. The first kappa shape index (κ1) is 16.8. The maximum absolute atomic E-state index is 12.5. The number of benzene rings is 1. The lowest BCUT2D eigenvalue weighted by molar-refractivity contribution is -0.313. The summed E-state index contributed by atoms with van der Waals surface area (Å²) in [6.07, 6.45) is 0.738. The number of carbonyl (C=O) groups is 2. The van der Waals surface area contributed by atoms with E-state index >= 15 is 0 Å². The van der Waals surface area contributed by atoms with E-state index in [0.29, 0.717) is 28.6 Å². The van der Waals surface area contributed by atoms with E-state index in [4.69, 9.17) is 23.2 Å². The predicted molar refractivity (Wildman–Crippen MR) is 84.7 cm³/mol. The van der Waals surface area contributed by atoms with Gasteiger partial charge in [0.15, 0.2) is 0 Å². The van der Waals surface area contributed by atoms with Crippen molar-refractivity contribution in [2.75, 3.05) is 5.32 Å². The van der Waals surface area contributed by atoms with Crippen LogP contribution in [0.25, 0.3) is 0 Å². The van der Waals surface area contributed by atoms with Gasteiger partial charge in [0.1, 0.15) is 0 Å². The Hall–Kier alpha value is -1.52. The monoisotopic (exact) mass is 340 g/mol. The number of hydrogen-bond donors (Lipinski definition) is 1. The van der Waals surface area contributed by atoms with Gasteiger partial charge in [-0.25, -0.2) is 0 Å². The molecule has 0 aromatic heterocycles. The first-order valence-electron chi connectivity index (χ1n) is 6.91. The smallest absolute Gasteiger partial charge is 0.228 e. The highest BCUT2D eigenvalue weighted by Gasteiger charge is 2.33. The summed E-state index contributed by atoms with van der Waals surface area (Å²) in [4.78, 5) is 23.8. The fourth-order valence-electron chi connectivity index (χ4n) is 2.63. The molecule has 1 amide bonds. The fraction of sp³-hybridized carbons (Fsp3) is 0.375. The van der Waals surface area contributed by atoms with Gasteiger partial charge in [-0.3, -0.25) is 4.79 Å². The van der Waals surface area contributed by atoms with Crippen LogP contribution in [-0.4, -0.2) is 11.9 Å². The van der Waals surface area contributed by atoms with Gasteiger partial charge in [0.05, 0.1) is 16.6 Å². The van der Waals surface area contributed by atoms with Crippen molar-refractivity contribution in [1.29, 1.82) is 0 Å². The first-order valence-corrected chi connectivity index (χ1v) is 7.67. The van der Waals surface area contributed by atoms with Crippen molar-refractivity contribution in [3.05, 3.63) is 39.4 Å². The zero-order chi connectivity index (χ0) is 16.4. The highest BCUT2D eigenvalue weighted by Crippen LogP contribution is 2.35. The van der Waals surface area contributed by atoms with Gasteiger partial charge in [-0.1, -0.05) is 34.3 Å². The quantitative estimate of drug-likeness (QED) is 0.859. The molecule has 118 valence electrons. The Bertz CT molecular complexity index is 655. The van der Waals surface area contributed by atoms with Crippen molar-refractivity contribution in [2.24, 2.45) is 11.8 Å². The lowest BCUT2D eigenvalue weighted by Gasteiger charge is -2.32. The van der Waals surface area contributed by atoms with E-state index in [0.717, 1.165) is 11.1 Å². The van der Waals surface area contributed by atoms with E-state index in [2.05, 4.69) is 5.32 Å². The molecule has 1 aliphatic carbocycles. The molecule has 2 rings (SSSR count). The van der Waals surface area contributed by atoms with Crippen molar-refractivity contribution < 1.29 is 14.7 Å². The summed E-state index contributed by atoms with van der Waals surface area (Å²) in [6, 6.07) is 4.72. The molecule has 6 heteroatoms. The Morgan fingerprint density at radius 1 is 1.14 bits per heavy atom. The standard InChI is InChI=1S/C16H17Cl2NO3/c1-8-5-11(12(16(21)22)6-9(8)2)15(20)19-14-4-3-10(17)7-13(14)18/h3-4,7,11-12H,5-6H2,1-2H3,(H,19,20)(H,21,22)/p-1/t11-,12-/m1/s1. The number of aliphatic carboxylic acids is 1. The normalized spacial score (nSPS) is 21.6. The van der Waals surface area contributed by atoms with Crippen LogP contribution in [0.3, 0.4) is 0 Å². The average molecular weight is 341 g/mol. The summed E-state index contributed by atoms with van der Waals surface area (Å²) in [5, 5.41) is 14.8. The second kappa shape index (κ2) is 6.71. The van der Waals surface area contributed by atoms with Crippen LogP contribution in [0, 0.1) is 11.8 Å². The number of carboxylic acids is 1. The molecule has 0 spiro atoms. The molecule has 1 aromatic carbocycles. The van der Waals surface area contributed by atoms with E-state index < -0.39 is 17.8 Å². The maximum atomic E-state index is 12.5. The van der Waals surface area contributed by atoms with Crippen LogP contribution < -0.4 is 10.4 Å². The van der Waals surface area contributed by atoms with E-state index in [1.165, 1.54) is 6.07 Å². The lowest BCUT2D eigenvalue weighted by atomic mass is 9.76. The van der Waals surface area contributed by atoms with Gasteiger partial charge in [-0.15, -0.1) is 0 Å². The number of halogens is 2. The number of anilines is 1. The molecule has 0 unspecified atom stereocenters. The Balaban J connectivity index is 2.21. The van der Waals surface area contributed by atoms with Crippen molar-refractivity contribution in [3.8, 4) is 0 Å². The van der Waals surface area contributed by atoms with Crippen LogP contribution in [0.1, 0.15) is 26.7 Å². The summed E-state index contributed by atoms with van der Waals surface area (Å²) in [7, 11) is 0. The van der Waals surface area contributed by atoms with E-state index in [1.54, 1.807) is 12.1 Å². The van der Waals surface area contributed by atoms with Gasteiger partial charge in [-0.2, -0.15) is 0 Å². The number of allylic oxidation sites excluding steroid dienone is 2. The molecule has 1 N–H and O–H groups in total. The van der Waals surface area contributed by atoms with Crippen LogP contribution in [0.5, 0.6) is 0 Å². The van der Waals surface area contributed by atoms with Gasteiger partial charge in [-0.05, 0) is 44.9 Å². The molecule has 0 saturated carbocycles. The van der Waals surface area contributed by atoms with Crippen LogP contribution in [0.4, 0.5) is 5.69 Å². The molecule has 0 radical (unpaired) electrons. The summed E-state index contributed by atoms with van der Waals surface area (Å²) < 4.78 is 0. The molecule has 4 nitrogen and oxygen atoms in total. The minimum absolute atomic E-state index is 0.310. The minimum Gasteiger partial charge on any atom is -0.550 e. The molecule has 0 fully saturated rings. The van der Waals surface area contributed by atoms with E-state index in [1.807, 2.05) is 13.8 Å². The zero-order valence-corrected chi connectivity index (χ0v) is 13.8. The summed E-state index contributed by atoms with van der Waals surface area (Å²) in [6.45, 7) is 3.80. The number of carboxylic acid groups (broad SMARTS) is 1. The van der Waals surface area contributed by atoms with Gasteiger partial charge in [0, 0.05) is 16.9 Å². The van der Waals surface area contributed by atoms with Crippen molar-refractivity contribution >= 4 is 40.8 Å². The van der Waals surface area contributed by atoms with Crippen molar-refractivity contribution in [1.82, 2.24) is 0 Å². The Labute approximate surface area is 139 Å². The molecule has 0 saturated heterocycles. The third-order valence-corrected chi connectivity index (χ3v) is 4.64. The van der Waals surface area contributed by atoms with Crippen LogP contribution >= 0.6 is 23.2 Å². The molecular weight excluding hydrogens is 325 g/mol. The Morgan fingerprint density at radius 2 is 1.73 bits per heavy atom. The second-order valence-corrected chi connectivity index (χ2v) is 6.46. The molecule has 1 aliphatic rings. The molecular formula is C16H16Cl2NO3-. The van der Waals surface area contributed by atoms with Gasteiger partial charge in [0.25, 0.3) is 0 Å². The lowest BCUT2D eigenvalue weighted by Crippen LogP contribution is -2.42.